The highest BCUT2D eigenvalue weighted by molar-refractivity contribution is 5.97. The zero-order valence-corrected chi connectivity index (χ0v) is 15.7. The minimum absolute atomic E-state index is 0.0557. The third kappa shape index (κ3) is 4.39. The molecular weight excluding hydrogens is 336 g/mol. The second-order valence-corrected chi connectivity index (χ2v) is 7.16. The molecule has 1 amide bonds. The SMILES string of the molecule is Cc1cccc([N+](=O)[O-])c1C(=O)OC(C)C(=O)NC1CCCC(C)C1C. The molecule has 1 saturated carbocycles. The number of hydrogen-bond acceptors (Lipinski definition) is 5. The van der Waals surface area contributed by atoms with Crippen molar-refractivity contribution in [3.05, 3.63) is 39.4 Å². The molecule has 4 atom stereocenters. The number of aryl methyl sites for hydroxylation is 1. The summed E-state index contributed by atoms with van der Waals surface area (Å²) >= 11 is 0. The molecule has 7 nitrogen and oxygen atoms in total. The van der Waals surface area contributed by atoms with Gasteiger partial charge >= 0.3 is 5.97 Å². The van der Waals surface area contributed by atoms with Crippen molar-refractivity contribution in [1.29, 1.82) is 0 Å². The fourth-order valence-corrected chi connectivity index (χ4v) is 3.43. The number of nitrogens with zero attached hydrogens (tertiary/aromatic N) is 1. The average molecular weight is 362 g/mol. The van der Waals surface area contributed by atoms with Crippen LogP contribution in [0.2, 0.25) is 0 Å². The van der Waals surface area contributed by atoms with Crippen LogP contribution < -0.4 is 5.32 Å². The summed E-state index contributed by atoms with van der Waals surface area (Å²) in [6, 6.07) is 4.41. The maximum atomic E-state index is 12.4. The van der Waals surface area contributed by atoms with Crippen molar-refractivity contribution < 1.29 is 19.2 Å². The summed E-state index contributed by atoms with van der Waals surface area (Å²) in [5.74, 6) is -0.349. The van der Waals surface area contributed by atoms with Gasteiger partial charge in [0.05, 0.1) is 4.92 Å². The number of carbonyl (C=O) groups excluding carboxylic acids is 2. The lowest BCUT2D eigenvalue weighted by atomic mass is 9.78. The number of nitro groups is 1. The Labute approximate surface area is 153 Å². The molecular formula is C19H26N2O5. The number of nitro benzene ring substituents is 1. The van der Waals surface area contributed by atoms with E-state index in [1.807, 2.05) is 0 Å². The molecule has 26 heavy (non-hydrogen) atoms. The summed E-state index contributed by atoms with van der Waals surface area (Å²) in [5, 5.41) is 14.1. The first-order chi connectivity index (χ1) is 12.2. The minimum Gasteiger partial charge on any atom is -0.449 e. The lowest BCUT2D eigenvalue weighted by Crippen LogP contribution is -2.47. The van der Waals surface area contributed by atoms with E-state index in [0.29, 0.717) is 17.4 Å². The third-order valence-electron chi connectivity index (χ3n) is 5.34. The second-order valence-electron chi connectivity index (χ2n) is 7.16. The largest absolute Gasteiger partial charge is 0.449 e. The summed E-state index contributed by atoms with van der Waals surface area (Å²) in [6.07, 6.45) is 2.09. The number of nitrogens with one attached hydrogen (secondary N) is 1. The summed E-state index contributed by atoms with van der Waals surface area (Å²) in [7, 11) is 0. The molecule has 1 aliphatic rings. The predicted molar refractivity (Wildman–Crippen MR) is 96.8 cm³/mol. The third-order valence-corrected chi connectivity index (χ3v) is 5.34. The van der Waals surface area contributed by atoms with E-state index in [2.05, 4.69) is 19.2 Å². The van der Waals surface area contributed by atoms with Crippen LogP contribution in [0.25, 0.3) is 0 Å². The van der Waals surface area contributed by atoms with Gasteiger partial charge in [-0.2, -0.15) is 0 Å². The zero-order valence-electron chi connectivity index (χ0n) is 15.7. The summed E-state index contributed by atoms with van der Waals surface area (Å²) < 4.78 is 5.22. The van der Waals surface area contributed by atoms with Gasteiger partial charge in [-0.25, -0.2) is 4.79 Å². The molecule has 4 unspecified atom stereocenters. The Morgan fingerprint density at radius 1 is 1.31 bits per heavy atom. The van der Waals surface area contributed by atoms with E-state index in [9.17, 15) is 19.7 Å². The maximum absolute atomic E-state index is 12.4. The Balaban J connectivity index is 2.05. The van der Waals surface area contributed by atoms with Crippen molar-refractivity contribution in [2.24, 2.45) is 11.8 Å². The normalized spacial score (nSPS) is 23.8. The van der Waals surface area contributed by atoms with Crippen LogP contribution in [0.5, 0.6) is 0 Å². The number of amides is 1. The standard InChI is InChI=1S/C19H26N2O5/c1-11-7-5-9-15(13(11)3)20-18(22)14(4)26-19(23)17-12(2)8-6-10-16(17)21(24)25/h6,8,10-11,13-15H,5,7,9H2,1-4H3,(H,20,22). The van der Waals surface area contributed by atoms with Gasteiger partial charge in [-0.15, -0.1) is 0 Å². The topological polar surface area (TPSA) is 98.5 Å². The Kier molecular flexibility index (Phi) is 6.34. The smallest absolute Gasteiger partial charge is 0.346 e. The van der Waals surface area contributed by atoms with Crippen LogP contribution in [0, 0.1) is 28.9 Å². The molecule has 1 fully saturated rings. The van der Waals surface area contributed by atoms with Crippen LogP contribution in [-0.2, 0) is 9.53 Å². The first-order valence-electron chi connectivity index (χ1n) is 8.97. The molecule has 2 rings (SSSR count). The summed E-state index contributed by atoms with van der Waals surface area (Å²) in [5.41, 5.74) is 0.000628. The second kappa shape index (κ2) is 8.29. The Bertz CT molecular complexity index is 703. The fourth-order valence-electron chi connectivity index (χ4n) is 3.43. The Hall–Kier alpha value is -2.44. The van der Waals surface area contributed by atoms with Gasteiger partial charge in [0, 0.05) is 12.1 Å². The number of ether oxygens (including phenoxy) is 1. The van der Waals surface area contributed by atoms with E-state index in [4.69, 9.17) is 4.74 Å². The molecule has 0 saturated heterocycles. The van der Waals surface area contributed by atoms with Crippen LogP contribution in [0.3, 0.4) is 0 Å². The molecule has 1 aromatic rings. The first-order valence-corrected chi connectivity index (χ1v) is 8.97. The van der Waals surface area contributed by atoms with E-state index in [1.54, 1.807) is 13.0 Å². The number of esters is 1. The minimum atomic E-state index is -1.02. The van der Waals surface area contributed by atoms with Crippen LogP contribution in [0.4, 0.5) is 5.69 Å². The van der Waals surface area contributed by atoms with Crippen molar-refractivity contribution in [3.63, 3.8) is 0 Å². The molecule has 1 aliphatic carbocycles. The Morgan fingerprint density at radius 2 is 2.00 bits per heavy atom. The molecule has 1 N–H and O–H groups in total. The van der Waals surface area contributed by atoms with Gasteiger partial charge in [-0.05, 0) is 37.7 Å². The van der Waals surface area contributed by atoms with E-state index in [1.165, 1.54) is 19.1 Å². The summed E-state index contributed by atoms with van der Waals surface area (Å²) in [4.78, 5) is 35.3. The van der Waals surface area contributed by atoms with Gasteiger partial charge in [0.15, 0.2) is 6.10 Å². The monoisotopic (exact) mass is 362 g/mol. The van der Waals surface area contributed by atoms with Gasteiger partial charge in [0.2, 0.25) is 0 Å². The molecule has 0 heterocycles. The summed E-state index contributed by atoms with van der Waals surface area (Å²) in [6.45, 7) is 7.36. The quantitative estimate of drug-likeness (QED) is 0.492. The van der Waals surface area contributed by atoms with Gasteiger partial charge in [0.25, 0.3) is 11.6 Å². The van der Waals surface area contributed by atoms with Gasteiger partial charge in [0.1, 0.15) is 5.56 Å². The number of hydrogen-bond donors (Lipinski definition) is 1. The molecule has 142 valence electrons. The lowest BCUT2D eigenvalue weighted by molar-refractivity contribution is -0.385. The molecule has 0 radical (unpaired) electrons. The van der Waals surface area contributed by atoms with Crippen LogP contribution in [0.15, 0.2) is 18.2 Å². The zero-order chi connectivity index (χ0) is 19.4. The molecule has 0 bridgehead atoms. The molecule has 7 heteroatoms. The molecule has 0 aliphatic heterocycles. The van der Waals surface area contributed by atoms with Crippen LogP contribution in [-0.4, -0.2) is 28.9 Å². The van der Waals surface area contributed by atoms with Crippen molar-refractivity contribution in [2.45, 2.75) is 59.1 Å². The molecule has 0 spiro atoms. The molecule has 0 aromatic heterocycles. The lowest BCUT2D eigenvalue weighted by Gasteiger charge is -2.35. The molecule has 1 aromatic carbocycles. The van der Waals surface area contributed by atoms with Crippen LogP contribution in [0.1, 0.15) is 56.0 Å². The highest BCUT2D eigenvalue weighted by Gasteiger charge is 2.31. The predicted octanol–water partition coefficient (Wildman–Crippen LogP) is 3.39. The van der Waals surface area contributed by atoms with Gasteiger partial charge < -0.3 is 10.1 Å². The Morgan fingerprint density at radius 3 is 2.65 bits per heavy atom. The van der Waals surface area contributed by atoms with E-state index >= 15 is 0 Å². The van der Waals surface area contributed by atoms with Crippen LogP contribution >= 0.6 is 0 Å². The number of carbonyl (C=O) groups is 2. The van der Waals surface area contributed by atoms with Crippen molar-refractivity contribution in [3.8, 4) is 0 Å². The number of benzene rings is 1. The fraction of sp³-hybridized carbons (Fsp3) is 0.579. The average Bonchev–Trinajstić information content (AvgIpc) is 2.58. The number of rotatable bonds is 5. The van der Waals surface area contributed by atoms with Gasteiger partial charge in [-0.1, -0.05) is 38.8 Å². The maximum Gasteiger partial charge on any atom is 0.346 e. The highest BCUT2D eigenvalue weighted by atomic mass is 16.6. The van der Waals surface area contributed by atoms with Gasteiger partial charge in [-0.3, -0.25) is 14.9 Å². The first kappa shape index (κ1) is 19.9. The van der Waals surface area contributed by atoms with E-state index < -0.39 is 17.0 Å². The van der Waals surface area contributed by atoms with E-state index in [0.717, 1.165) is 19.3 Å². The van der Waals surface area contributed by atoms with Crippen molar-refractivity contribution in [1.82, 2.24) is 5.32 Å². The van der Waals surface area contributed by atoms with E-state index in [-0.39, 0.29) is 23.2 Å². The van der Waals surface area contributed by atoms with Crippen molar-refractivity contribution in [2.75, 3.05) is 0 Å². The highest BCUT2D eigenvalue weighted by Crippen LogP contribution is 2.29. The van der Waals surface area contributed by atoms with Crippen molar-refractivity contribution >= 4 is 17.6 Å².